The Morgan fingerprint density at radius 2 is 2.18 bits per heavy atom. The lowest BCUT2D eigenvalue weighted by molar-refractivity contribution is -0.151. The molecule has 0 saturated heterocycles. The monoisotopic (exact) mass is 248 g/mol. The Balaban J connectivity index is 2.06. The fraction of sp³-hybridized carbons (Fsp3) is 0.429. The molecule has 1 aliphatic carbocycles. The predicted octanol–water partition coefficient (Wildman–Crippen LogP) is 3.50. The molecule has 1 heterocycles. The highest BCUT2D eigenvalue weighted by Crippen LogP contribution is 2.46. The second-order valence-electron chi connectivity index (χ2n) is 4.71. The molecule has 90 valence electrons. The van der Waals surface area contributed by atoms with E-state index >= 15 is 0 Å². The molecule has 2 nitrogen and oxygen atoms in total. The molecule has 1 unspecified atom stereocenters. The third-order valence-corrected chi connectivity index (χ3v) is 4.89. The zero-order chi connectivity index (χ0) is 11.9. The summed E-state index contributed by atoms with van der Waals surface area (Å²) in [4.78, 5) is 0. The van der Waals surface area contributed by atoms with Gasteiger partial charge in [-0.15, -0.1) is 11.3 Å². The quantitative estimate of drug-likeness (QED) is 0.900. The number of fused-ring (bicyclic) bond motifs is 1. The first-order valence-corrected chi connectivity index (χ1v) is 6.84. The molecule has 2 aromatic rings. The third kappa shape index (κ3) is 1.61. The summed E-state index contributed by atoms with van der Waals surface area (Å²) in [5, 5.41) is 13.9. The van der Waals surface area contributed by atoms with Crippen molar-refractivity contribution in [2.45, 2.75) is 31.0 Å². The van der Waals surface area contributed by atoms with E-state index in [1.165, 1.54) is 10.1 Å². The Morgan fingerprint density at radius 3 is 2.82 bits per heavy atom. The number of methoxy groups -OCH3 is 1. The first-order valence-electron chi connectivity index (χ1n) is 5.96. The molecule has 1 aromatic heterocycles. The summed E-state index contributed by atoms with van der Waals surface area (Å²) < 4.78 is 6.75. The van der Waals surface area contributed by atoms with E-state index in [1.807, 2.05) is 12.1 Å². The number of aliphatic hydroxyl groups is 1. The van der Waals surface area contributed by atoms with Crippen LogP contribution in [0.1, 0.15) is 30.9 Å². The van der Waals surface area contributed by atoms with E-state index in [1.54, 1.807) is 18.4 Å². The molecule has 3 heteroatoms. The van der Waals surface area contributed by atoms with Gasteiger partial charge in [-0.05, 0) is 36.1 Å². The molecule has 3 rings (SSSR count). The van der Waals surface area contributed by atoms with Gasteiger partial charge in [0.1, 0.15) is 6.10 Å². The van der Waals surface area contributed by atoms with E-state index in [4.69, 9.17) is 4.74 Å². The Bertz CT molecular complexity index is 522. The summed E-state index contributed by atoms with van der Waals surface area (Å²) in [6.07, 6.45) is 2.54. The molecule has 0 spiro atoms. The van der Waals surface area contributed by atoms with Gasteiger partial charge in [0.05, 0.1) is 5.60 Å². The van der Waals surface area contributed by atoms with Gasteiger partial charge in [0, 0.05) is 17.4 Å². The van der Waals surface area contributed by atoms with Crippen molar-refractivity contribution in [1.29, 1.82) is 0 Å². The van der Waals surface area contributed by atoms with Crippen molar-refractivity contribution in [3.05, 3.63) is 35.2 Å². The molecular formula is C14H16O2S. The summed E-state index contributed by atoms with van der Waals surface area (Å²) in [5.74, 6) is 0. The van der Waals surface area contributed by atoms with Crippen LogP contribution in [0.25, 0.3) is 10.1 Å². The van der Waals surface area contributed by atoms with Gasteiger partial charge in [-0.2, -0.15) is 0 Å². The molecule has 0 radical (unpaired) electrons. The van der Waals surface area contributed by atoms with Gasteiger partial charge in [0.25, 0.3) is 0 Å². The third-order valence-electron chi connectivity index (χ3n) is 3.91. The van der Waals surface area contributed by atoms with Gasteiger partial charge in [-0.3, -0.25) is 0 Å². The molecule has 1 aliphatic rings. The number of thiophene rings is 1. The van der Waals surface area contributed by atoms with E-state index in [-0.39, 0.29) is 5.60 Å². The number of aliphatic hydroxyl groups excluding tert-OH is 1. The van der Waals surface area contributed by atoms with Gasteiger partial charge in [-0.1, -0.05) is 18.2 Å². The Kier molecular flexibility index (Phi) is 2.69. The molecule has 0 bridgehead atoms. The summed E-state index contributed by atoms with van der Waals surface area (Å²) in [6, 6.07) is 8.21. The van der Waals surface area contributed by atoms with Crippen LogP contribution in [-0.2, 0) is 4.74 Å². The van der Waals surface area contributed by atoms with Crippen LogP contribution < -0.4 is 0 Å². The normalized spacial score (nSPS) is 20.1. The second kappa shape index (κ2) is 4.09. The van der Waals surface area contributed by atoms with Gasteiger partial charge in [-0.25, -0.2) is 0 Å². The first kappa shape index (κ1) is 11.2. The van der Waals surface area contributed by atoms with E-state index in [2.05, 4.69) is 17.5 Å². The van der Waals surface area contributed by atoms with Crippen LogP contribution >= 0.6 is 11.3 Å². The summed E-state index contributed by atoms with van der Waals surface area (Å²) in [5.41, 5.74) is 0.664. The average Bonchev–Trinajstić information content (AvgIpc) is 2.75. The van der Waals surface area contributed by atoms with Crippen molar-refractivity contribution in [2.75, 3.05) is 7.11 Å². The minimum absolute atomic E-state index is 0.349. The maximum atomic E-state index is 10.6. The van der Waals surface area contributed by atoms with E-state index < -0.39 is 6.10 Å². The van der Waals surface area contributed by atoms with Crippen LogP contribution in [0.15, 0.2) is 29.6 Å². The molecule has 1 saturated carbocycles. The molecular weight excluding hydrogens is 232 g/mol. The van der Waals surface area contributed by atoms with Crippen molar-refractivity contribution in [3.63, 3.8) is 0 Å². The standard InChI is InChI=1S/C14H16O2S/c1-16-14(7-3-8-14)13(15)11-5-2-4-10-6-9-17-12(10)11/h2,4-6,9,13,15H,3,7-8H2,1H3. The smallest absolute Gasteiger partial charge is 0.109 e. The Morgan fingerprint density at radius 1 is 1.35 bits per heavy atom. The van der Waals surface area contributed by atoms with Crippen LogP contribution in [0.5, 0.6) is 0 Å². The average molecular weight is 248 g/mol. The Labute approximate surface area is 105 Å². The summed E-state index contributed by atoms with van der Waals surface area (Å²) in [6.45, 7) is 0. The highest BCUT2D eigenvalue weighted by molar-refractivity contribution is 7.17. The number of hydrogen-bond acceptors (Lipinski definition) is 3. The van der Waals surface area contributed by atoms with Gasteiger partial charge in [0.15, 0.2) is 0 Å². The highest BCUT2D eigenvalue weighted by Gasteiger charge is 2.45. The molecule has 0 aliphatic heterocycles. The van der Waals surface area contributed by atoms with Crippen molar-refractivity contribution < 1.29 is 9.84 Å². The van der Waals surface area contributed by atoms with Crippen molar-refractivity contribution in [1.82, 2.24) is 0 Å². The van der Waals surface area contributed by atoms with Crippen molar-refractivity contribution >= 4 is 21.4 Å². The largest absolute Gasteiger partial charge is 0.385 e. The van der Waals surface area contributed by atoms with Crippen molar-refractivity contribution in [3.8, 4) is 0 Å². The SMILES string of the molecule is COC1(C(O)c2cccc3ccsc23)CCC1. The molecule has 0 amide bonds. The van der Waals surface area contributed by atoms with Crippen LogP contribution in [-0.4, -0.2) is 17.8 Å². The predicted molar refractivity (Wildman–Crippen MR) is 70.4 cm³/mol. The van der Waals surface area contributed by atoms with Crippen LogP contribution in [0, 0.1) is 0 Å². The van der Waals surface area contributed by atoms with Gasteiger partial charge in [0.2, 0.25) is 0 Å². The van der Waals surface area contributed by atoms with Crippen molar-refractivity contribution in [2.24, 2.45) is 0 Å². The molecule has 1 atom stereocenters. The second-order valence-corrected chi connectivity index (χ2v) is 5.63. The lowest BCUT2D eigenvalue weighted by Gasteiger charge is -2.44. The molecule has 1 fully saturated rings. The van der Waals surface area contributed by atoms with E-state index in [0.717, 1.165) is 24.8 Å². The van der Waals surface area contributed by atoms with Crippen LogP contribution in [0.3, 0.4) is 0 Å². The fourth-order valence-corrected chi connectivity index (χ4v) is 3.57. The fourth-order valence-electron chi connectivity index (χ4n) is 2.63. The maximum Gasteiger partial charge on any atom is 0.109 e. The first-order chi connectivity index (χ1) is 8.27. The van der Waals surface area contributed by atoms with E-state index in [9.17, 15) is 5.11 Å². The van der Waals surface area contributed by atoms with Gasteiger partial charge >= 0.3 is 0 Å². The van der Waals surface area contributed by atoms with Crippen LogP contribution in [0.4, 0.5) is 0 Å². The molecule has 1 N–H and O–H groups in total. The minimum atomic E-state index is -0.511. The topological polar surface area (TPSA) is 29.5 Å². The lowest BCUT2D eigenvalue weighted by Crippen LogP contribution is -2.45. The summed E-state index contributed by atoms with van der Waals surface area (Å²) in [7, 11) is 1.71. The van der Waals surface area contributed by atoms with Crippen LogP contribution in [0.2, 0.25) is 0 Å². The van der Waals surface area contributed by atoms with E-state index in [0.29, 0.717) is 0 Å². The lowest BCUT2D eigenvalue weighted by atomic mass is 9.73. The number of rotatable bonds is 3. The number of benzene rings is 1. The highest BCUT2D eigenvalue weighted by atomic mass is 32.1. The number of ether oxygens (including phenoxy) is 1. The molecule has 17 heavy (non-hydrogen) atoms. The number of hydrogen-bond donors (Lipinski definition) is 1. The maximum absolute atomic E-state index is 10.6. The zero-order valence-electron chi connectivity index (χ0n) is 9.85. The summed E-state index contributed by atoms with van der Waals surface area (Å²) >= 11 is 1.69. The Hall–Kier alpha value is -0.900. The minimum Gasteiger partial charge on any atom is -0.385 e. The van der Waals surface area contributed by atoms with Gasteiger partial charge < -0.3 is 9.84 Å². The zero-order valence-corrected chi connectivity index (χ0v) is 10.7. The molecule has 1 aromatic carbocycles.